The van der Waals surface area contributed by atoms with Gasteiger partial charge in [-0.15, -0.1) is 0 Å². The molecule has 4 heteroatoms. The first-order valence-electron chi connectivity index (χ1n) is 7.21. The van der Waals surface area contributed by atoms with Gasteiger partial charge in [0.2, 0.25) is 0 Å². The molecule has 0 spiro atoms. The highest BCUT2D eigenvalue weighted by Crippen LogP contribution is 2.31. The lowest BCUT2D eigenvalue weighted by Crippen LogP contribution is -2.23. The standard InChI is InChI=1S/C16H27NO3/c1-5-10-17-15(7-6-11-18-2)14-9-8-13(19-3)12-16(14)20-4/h8-9,12,15,17H,5-7,10-11H2,1-4H3. The molecule has 0 aromatic heterocycles. The number of ether oxygens (including phenoxy) is 3. The average Bonchev–Trinajstić information content (AvgIpc) is 2.50. The Morgan fingerprint density at radius 3 is 2.55 bits per heavy atom. The fourth-order valence-corrected chi connectivity index (χ4v) is 2.22. The maximum absolute atomic E-state index is 5.50. The van der Waals surface area contributed by atoms with E-state index in [9.17, 15) is 0 Å². The van der Waals surface area contributed by atoms with E-state index in [0.29, 0.717) is 0 Å². The molecule has 4 nitrogen and oxygen atoms in total. The van der Waals surface area contributed by atoms with Crippen molar-refractivity contribution in [2.45, 2.75) is 32.2 Å². The molecule has 0 heterocycles. The van der Waals surface area contributed by atoms with Crippen LogP contribution in [0.25, 0.3) is 0 Å². The van der Waals surface area contributed by atoms with Crippen LogP contribution in [0.4, 0.5) is 0 Å². The van der Waals surface area contributed by atoms with Crippen molar-refractivity contribution >= 4 is 0 Å². The lowest BCUT2D eigenvalue weighted by Gasteiger charge is -2.21. The first-order chi connectivity index (χ1) is 9.76. The highest BCUT2D eigenvalue weighted by atomic mass is 16.5. The van der Waals surface area contributed by atoms with E-state index in [0.717, 1.165) is 43.9 Å². The summed E-state index contributed by atoms with van der Waals surface area (Å²) in [6, 6.07) is 6.28. The zero-order valence-corrected chi connectivity index (χ0v) is 13.1. The van der Waals surface area contributed by atoms with Gasteiger partial charge in [-0.2, -0.15) is 0 Å². The van der Waals surface area contributed by atoms with E-state index < -0.39 is 0 Å². The number of benzene rings is 1. The van der Waals surface area contributed by atoms with Crippen LogP contribution in [0.2, 0.25) is 0 Å². The van der Waals surface area contributed by atoms with Gasteiger partial charge in [0, 0.05) is 31.4 Å². The van der Waals surface area contributed by atoms with Crippen LogP contribution in [0.15, 0.2) is 18.2 Å². The molecule has 0 aliphatic carbocycles. The molecule has 1 aromatic rings. The molecule has 0 bridgehead atoms. The summed E-state index contributed by atoms with van der Waals surface area (Å²) in [5.74, 6) is 1.69. The molecule has 1 N–H and O–H groups in total. The number of rotatable bonds is 10. The third kappa shape index (κ3) is 5.02. The highest BCUT2D eigenvalue weighted by Gasteiger charge is 2.16. The summed E-state index contributed by atoms with van der Waals surface area (Å²) in [4.78, 5) is 0. The fraction of sp³-hybridized carbons (Fsp3) is 0.625. The topological polar surface area (TPSA) is 39.7 Å². The summed E-state index contributed by atoms with van der Waals surface area (Å²) in [6.07, 6.45) is 3.16. The first kappa shape index (κ1) is 16.8. The highest BCUT2D eigenvalue weighted by molar-refractivity contribution is 5.42. The summed E-state index contributed by atoms with van der Waals surface area (Å²) < 4.78 is 15.9. The molecule has 0 saturated heterocycles. The largest absolute Gasteiger partial charge is 0.497 e. The van der Waals surface area contributed by atoms with E-state index >= 15 is 0 Å². The van der Waals surface area contributed by atoms with Crippen LogP contribution in [0.5, 0.6) is 11.5 Å². The van der Waals surface area contributed by atoms with Crippen molar-refractivity contribution in [1.29, 1.82) is 0 Å². The van der Waals surface area contributed by atoms with Crippen molar-refractivity contribution in [1.82, 2.24) is 5.32 Å². The fourth-order valence-electron chi connectivity index (χ4n) is 2.22. The molecule has 1 atom stereocenters. The number of hydrogen-bond acceptors (Lipinski definition) is 4. The summed E-state index contributed by atoms with van der Waals surface area (Å²) in [5, 5.41) is 3.58. The smallest absolute Gasteiger partial charge is 0.127 e. The van der Waals surface area contributed by atoms with Crippen molar-refractivity contribution in [3.63, 3.8) is 0 Å². The molecule has 1 rings (SSSR count). The summed E-state index contributed by atoms with van der Waals surface area (Å²) in [6.45, 7) is 3.94. The Labute approximate surface area is 122 Å². The number of nitrogens with one attached hydrogen (secondary N) is 1. The van der Waals surface area contributed by atoms with Gasteiger partial charge in [0.05, 0.1) is 14.2 Å². The van der Waals surface area contributed by atoms with Crippen LogP contribution in [-0.4, -0.2) is 34.5 Å². The summed E-state index contributed by atoms with van der Waals surface area (Å²) >= 11 is 0. The van der Waals surface area contributed by atoms with E-state index in [1.54, 1.807) is 21.3 Å². The second-order valence-corrected chi connectivity index (χ2v) is 4.75. The van der Waals surface area contributed by atoms with Gasteiger partial charge in [-0.1, -0.05) is 13.0 Å². The van der Waals surface area contributed by atoms with Crippen LogP contribution in [0, 0.1) is 0 Å². The van der Waals surface area contributed by atoms with E-state index in [1.807, 2.05) is 12.1 Å². The Bertz CT molecular complexity index is 382. The summed E-state index contributed by atoms with van der Waals surface area (Å²) in [7, 11) is 5.10. The minimum Gasteiger partial charge on any atom is -0.497 e. The van der Waals surface area contributed by atoms with Crippen LogP contribution in [0.3, 0.4) is 0 Å². The molecule has 114 valence electrons. The average molecular weight is 281 g/mol. The third-order valence-electron chi connectivity index (χ3n) is 3.30. The Morgan fingerprint density at radius 2 is 1.95 bits per heavy atom. The van der Waals surface area contributed by atoms with E-state index in [2.05, 4.69) is 18.3 Å². The zero-order valence-electron chi connectivity index (χ0n) is 13.1. The van der Waals surface area contributed by atoms with Crippen molar-refractivity contribution in [3.05, 3.63) is 23.8 Å². The van der Waals surface area contributed by atoms with Gasteiger partial charge in [0.25, 0.3) is 0 Å². The molecule has 1 aromatic carbocycles. The van der Waals surface area contributed by atoms with Gasteiger partial charge < -0.3 is 19.5 Å². The molecular weight excluding hydrogens is 254 g/mol. The van der Waals surface area contributed by atoms with E-state index in [-0.39, 0.29) is 6.04 Å². The minimum absolute atomic E-state index is 0.283. The molecule has 0 amide bonds. The van der Waals surface area contributed by atoms with Gasteiger partial charge in [-0.25, -0.2) is 0 Å². The van der Waals surface area contributed by atoms with Crippen LogP contribution in [0.1, 0.15) is 37.8 Å². The summed E-state index contributed by atoms with van der Waals surface area (Å²) in [5.41, 5.74) is 1.18. The molecule has 0 saturated carbocycles. The maximum Gasteiger partial charge on any atom is 0.127 e. The van der Waals surface area contributed by atoms with Gasteiger partial charge in [0.1, 0.15) is 11.5 Å². The molecular formula is C16H27NO3. The van der Waals surface area contributed by atoms with Gasteiger partial charge >= 0.3 is 0 Å². The predicted molar refractivity (Wildman–Crippen MR) is 81.7 cm³/mol. The maximum atomic E-state index is 5.50. The van der Waals surface area contributed by atoms with Crippen molar-refractivity contribution in [3.8, 4) is 11.5 Å². The van der Waals surface area contributed by atoms with Crippen LogP contribution in [-0.2, 0) is 4.74 Å². The quantitative estimate of drug-likeness (QED) is 0.669. The monoisotopic (exact) mass is 281 g/mol. The van der Waals surface area contributed by atoms with Crippen LogP contribution < -0.4 is 14.8 Å². The molecule has 1 unspecified atom stereocenters. The predicted octanol–water partition coefficient (Wildman–Crippen LogP) is 3.17. The lowest BCUT2D eigenvalue weighted by atomic mass is 10.0. The van der Waals surface area contributed by atoms with Gasteiger partial charge in [0.15, 0.2) is 0 Å². The van der Waals surface area contributed by atoms with Gasteiger partial charge in [-0.3, -0.25) is 0 Å². The zero-order chi connectivity index (χ0) is 14.8. The van der Waals surface area contributed by atoms with Gasteiger partial charge in [-0.05, 0) is 31.9 Å². The second kappa shape index (κ2) is 9.61. The van der Waals surface area contributed by atoms with E-state index in [1.165, 1.54) is 5.56 Å². The Hall–Kier alpha value is -1.26. The Balaban J connectivity index is 2.86. The second-order valence-electron chi connectivity index (χ2n) is 4.75. The first-order valence-corrected chi connectivity index (χ1v) is 7.21. The number of hydrogen-bond donors (Lipinski definition) is 1. The lowest BCUT2D eigenvalue weighted by molar-refractivity contribution is 0.188. The van der Waals surface area contributed by atoms with Crippen molar-refractivity contribution in [2.24, 2.45) is 0 Å². The van der Waals surface area contributed by atoms with Crippen LogP contribution >= 0.6 is 0 Å². The minimum atomic E-state index is 0.283. The SMILES string of the molecule is CCCNC(CCCOC)c1ccc(OC)cc1OC. The van der Waals surface area contributed by atoms with Crippen molar-refractivity contribution < 1.29 is 14.2 Å². The molecule has 0 aliphatic heterocycles. The van der Waals surface area contributed by atoms with Crippen molar-refractivity contribution in [2.75, 3.05) is 34.5 Å². The molecule has 0 aliphatic rings. The third-order valence-corrected chi connectivity index (χ3v) is 3.30. The van der Waals surface area contributed by atoms with E-state index in [4.69, 9.17) is 14.2 Å². The normalized spacial score (nSPS) is 12.2. The number of methoxy groups -OCH3 is 3. The molecule has 0 radical (unpaired) electrons. The molecule has 20 heavy (non-hydrogen) atoms. The Morgan fingerprint density at radius 1 is 1.15 bits per heavy atom. The molecule has 0 fully saturated rings. The Kier molecular flexibility index (Phi) is 8.07.